The topological polar surface area (TPSA) is 141 Å². The number of ether oxygens (including phenoxy) is 2. The van der Waals surface area contributed by atoms with Crippen LogP contribution in [0.5, 0.6) is 0 Å². The number of thiazole rings is 1. The number of methoxy groups -OCH3 is 1. The van der Waals surface area contributed by atoms with E-state index >= 15 is 0 Å². The van der Waals surface area contributed by atoms with Gasteiger partial charge in [0.2, 0.25) is 0 Å². The number of aromatic nitrogens is 4. The normalized spacial score (nSPS) is 21.0. The Bertz CT molecular complexity index is 2200. The third-order valence-corrected chi connectivity index (χ3v) is 11.5. The zero-order valence-corrected chi connectivity index (χ0v) is 33.0. The zero-order valence-electron chi connectivity index (χ0n) is 31.1. The number of fused-ring (bicyclic) bond motifs is 6. The minimum absolute atomic E-state index is 0.0404. The third-order valence-electron chi connectivity index (χ3n) is 10.1. The number of carbonyl (C=O) groups is 3. The lowest BCUT2D eigenvalue weighted by atomic mass is 9.84. The van der Waals surface area contributed by atoms with Crippen molar-refractivity contribution in [3.8, 4) is 22.5 Å². The number of hydrogen-bond acceptors (Lipinski definition) is 10. The molecule has 3 radical (unpaired) electrons. The van der Waals surface area contributed by atoms with E-state index in [0.29, 0.717) is 37.4 Å². The van der Waals surface area contributed by atoms with Crippen LogP contribution in [-0.2, 0) is 38.4 Å². The molecule has 1 aromatic carbocycles. The number of benzene rings is 1. The Balaban J connectivity index is 1.38. The summed E-state index contributed by atoms with van der Waals surface area (Å²) in [6.07, 6.45) is 4.78. The molecule has 279 valence electrons. The molecule has 54 heavy (non-hydrogen) atoms. The van der Waals surface area contributed by atoms with Crippen molar-refractivity contribution < 1.29 is 23.9 Å². The van der Waals surface area contributed by atoms with Crippen LogP contribution in [-0.4, -0.2) is 84.0 Å². The Morgan fingerprint density at radius 2 is 1.96 bits per heavy atom. The maximum atomic E-state index is 14.4. The molecule has 1 fully saturated rings. The molecule has 0 unspecified atom stereocenters. The van der Waals surface area contributed by atoms with Gasteiger partial charge in [0, 0.05) is 71.8 Å². The number of carbonyl (C=O) groups excluding carboxylic acids is 3. The molecule has 2 aliphatic heterocycles. The summed E-state index contributed by atoms with van der Waals surface area (Å²) in [4.78, 5) is 55.5. The molecule has 4 aromatic heterocycles. The van der Waals surface area contributed by atoms with Gasteiger partial charge in [0.25, 0.3) is 11.8 Å². The van der Waals surface area contributed by atoms with Gasteiger partial charge < -0.3 is 19.4 Å². The second-order valence-electron chi connectivity index (χ2n) is 14.7. The molecule has 6 heterocycles. The summed E-state index contributed by atoms with van der Waals surface area (Å²) in [6.45, 7) is 9.54. The van der Waals surface area contributed by atoms with Gasteiger partial charge in [0.1, 0.15) is 16.9 Å². The van der Waals surface area contributed by atoms with E-state index in [9.17, 15) is 14.4 Å². The molecule has 5 aromatic rings. The van der Waals surface area contributed by atoms with Crippen LogP contribution in [0.15, 0.2) is 66.3 Å². The average molecular weight is 763 g/mol. The fourth-order valence-electron chi connectivity index (χ4n) is 7.36. The molecule has 0 aliphatic carbocycles. The van der Waals surface area contributed by atoms with Crippen LogP contribution in [0.3, 0.4) is 0 Å². The highest BCUT2D eigenvalue weighted by atomic mass is 32.1. The third kappa shape index (κ3) is 7.35. The number of pyridine rings is 2. The molecule has 0 spiro atoms. The number of cyclic esters (lactones) is 1. The molecular weight excluding hydrogens is 719 g/mol. The first kappa shape index (κ1) is 37.5. The van der Waals surface area contributed by atoms with Crippen molar-refractivity contribution in [2.24, 2.45) is 5.41 Å². The fourth-order valence-corrected chi connectivity index (χ4v) is 8.79. The number of rotatable bonds is 6. The molecule has 3 atom stereocenters. The second kappa shape index (κ2) is 15.2. The Labute approximate surface area is 322 Å². The van der Waals surface area contributed by atoms with E-state index in [0.717, 1.165) is 44.7 Å². The SMILES string of the molecule is CCn1c(-c2cccnc2[C@H](C)OC)c2c3cc(ccc31)-c1csc(n1)C[C@]([Si])(NC(=O)c1ccccn1)C(=O)N1CCC[C@H](N1)C(=O)OCC(C)(C)C2. The van der Waals surface area contributed by atoms with Gasteiger partial charge in [-0.1, -0.05) is 26.0 Å². The summed E-state index contributed by atoms with van der Waals surface area (Å²) < 4.78 is 14.2. The van der Waals surface area contributed by atoms with E-state index in [2.05, 4.69) is 75.6 Å². The van der Waals surface area contributed by atoms with Crippen molar-refractivity contribution in [2.45, 2.75) is 77.2 Å². The average Bonchev–Trinajstić information content (AvgIpc) is 3.77. The van der Waals surface area contributed by atoms with Crippen LogP contribution in [0.1, 0.15) is 73.4 Å². The van der Waals surface area contributed by atoms with Crippen LogP contribution in [0.2, 0.25) is 0 Å². The van der Waals surface area contributed by atoms with Crippen LogP contribution in [0.25, 0.3) is 33.4 Å². The Kier molecular flexibility index (Phi) is 10.5. The van der Waals surface area contributed by atoms with Gasteiger partial charge in [0.15, 0.2) is 0 Å². The van der Waals surface area contributed by atoms with Crippen LogP contribution >= 0.6 is 11.3 Å². The van der Waals surface area contributed by atoms with E-state index < -0.39 is 34.4 Å². The van der Waals surface area contributed by atoms with Gasteiger partial charge in [-0.2, -0.15) is 0 Å². The minimum atomic E-state index is -1.61. The highest BCUT2D eigenvalue weighted by molar-refractivity contribution is 7.10. The minimum Gasteiger partial charge on any atom is -0.464 e. The Hall–Kier alpha value is -4.76. The number of nitrogens with zero attached hydrogens (tertiary/aromatic N) is 5. The van der Waals surface area contributed by atoms with E-state index in [1.165, 1.54) is 22.5 Å². The summed E-state index contributed by atoms with van der Waals surface area (Å²) in [5, 5.41) is 6.35. The van der Waals surface area contributed by atoms with E-state index in [1.54, 1.807) is 31.5 Å². The predicted molar refractivity (Wildman–Crippen MR) is 208 cm³/mol. The lowest BCUT2D eigenvalue weighted by Gasteiger charge is -2.39. The molecule has 2 N–H and O–H groups in total. The van der Waals surface area contributed by atoms with Crippen molar-refractivity contribution >= 4 is 50.3 Å². The van der Waals surface area contributed by atoms with E-state index in [4.69, 9.17) is 19.4 Å². The van der Waals surface area contributed by atoms with Gasteiger partial charge in [-0.3, -0.25) is 29.4 Å². The molecular formula is C40H44N7O5SSi. The number of amides is 2. The Morgan fingerprint density at radius 3 is 2.72 bits per heavy atom. The summed E-state index contributed by atoms with van der Waals surface area (Å²) in [6, 6.07) is 14.7. The van der Waals surface area contributed by atoms with Crippen molar-refractivity contribution in [1.29, 1.82) is 0 Å². The molecule has 2 amide bonds. The number of aryl methyl sites for hydroxylation is 1. The van der Waals surface area contributed by atoms with Gasteiger partial charge in [-0.25, -0.2) is 10.4 Å². The lowest BCUT2D eigenvalue weighted by molar-refractivity contribution is -0.155. The number of esters is 1. The summed E-state index contributed by atoms with van der Waals surface area (Å²) in [5.74, 6) is -1.43. The molecule has 1 saturated heterocycles. The van der Waals surface area contributed by atoms with Crippen molar-refractivity contribution in [1.82, 2.24) is 35.3 Å². The van der Waals surface area contributed by atoms with Crippen molar-refractivity contribution in [3.05, 3.63) is 88.3 Å². The van der Waals surface area contributed by atoms with Crippen LogP contribution in [0, 0.1) is 5.41 Å². The monoisotopic (exact) mass is 762 g/mol. The smallest absolute Gasteiger partial charge is 0.324 e. The summed E-state index contributed by atoms with van der Waals surface area (Å²) in [7, 11) is 5.41. The van der Waals surface area contributed by atoms with Gasteiger partial charge in [-0.15, -0.1) is 11.3 Å². The van der Waals surface area contributed by atoms with E-state index in [-0.39, 0.29) is 24.8 Å². The predicted octanol–water partition coefficient (Wildman–Crippen LogP) is 5.41. The Morgan fingerprint density at radius 1 is 1.15 bits per heavy atom. The van der Waals surface area contributed by atoms with Crippen molar-refractivity contribution in [3.63, 3.8) is 0 Å². The summed E-state index contributed by atoms with van der Waals surface area (Å²) in [5.41, 5.74) is 9.54. The zero-order chi connectivity index (χ0) is 38.2. The van der Waals surface area contributed by atoms with Crippen molar-refractivity contribution in [2.75, 3.05) is 20.3 Å². The molecule has 2 aliphatic rings. The molecule has 7 rings (SSSR count). The first-order valence-electron chi connectivity index (χ1n) is 18.2. The fraction of sp³-hybridized carbons (Fsp3) is 0.400. The highest BCUT2D eigenvalue weighted by Crippen LogP contribution is 2.42. The first-order valence-corrected chi connectivity index (χ1v) is 19.6. The van der Waals surface area contributed by atoms with Crippen LogP contribution < -0.4 is 10.7 Å². The lowest BCUT2D eigenvalue weighted by Crippen LogP contribution is -2.67. The van der Waals surface area contributed by atoms with Gasteiger partial charge >= 0.3 is 5.97 Å². The van der Waals surface area contributed by atoms with Crippen LogP contribution in [0.4, 0.5) is 0 Å². The van der Waals surface area contributed by atoms with Gasteiger partial charge in [-0.05, 0) is 75.1 Å². The standard InChI is InChI=1S/C40H44N7O5SSi/c1-6-46-32-15-14-25-19-27(32)28(35(46)26-11-9-17-42-34(26)24(2)51-5)20-39(3,4)23-52-37(49)30-13-10-18-47(45-30)38(50)40(54,21-33-43-31(25)22-53-33)44-36(48)29-12-7-8-16-41-29/h7-9,11-12,14-17,19,22,24,30,45H,6,10,13,18,20-21,23H2,1-5H3,(H,44,48)/t24-,30-,40+/m0/s1. The molecule has 6 bridgehead atoms. The second-order valence-corrected chi connectivity index (χ2v) is 16.5. The maximum absolute atomic E-state index is 14.4. The number of nitrogens with one attached hydrogen (secondary N) is 2. The molecule has 12 nitrogen and oxygen atoms in total. The first-order chi connectivity index (χ1) is 25.9. The number of hydrazine groups is 1. The quantitative estimate of drug-likeness (QED) is 0.172. The molecule has 0 saturated carbocycles. The molecule has 14 heteroatoms. The highest BCUT2D eigenvalue weighted by Gasteiger charge is 2.42. The maximum Gasteiger partial charge on any atom is 0.324 e. The summed E-state index contributed by atoms with van der Waals surface area (Å²) >= 11 is 1.41. The number of hydrogen-bond donors (Lipinski definition) is 2. The van der Waals surface area contributed by atoms with Gasteiger partial charge in [0.05, 0.1) is 45.0 Å². The largest absolute Gasteiger partial charge is 0.464 e. The van der Waals surface area contributed by atoms with E-state index in [1.807, 2.05) is 18.4 Å².